The van der Waals surface area contributed by atoms with Crippen molar-refractivity contribution in [2.75, 3.05) is 6.54 Å². The average molecular weight is 807 g/mol. The molecule has 0 spiro atoms. The number of fused-ring (bicyclic) bond motifs is 1. The van der Waals surface area contributed by atoms with Crippen molar-refractivity contribution in [1.29, 1.82) is 0 Å². The van der Waals surface area contributed by atoms with Gasteiger partial charge in [-0.05, 0) is 45.7 Å². The van der Waals surface area contributed by atoms with Crippen LogP contribution in [0.5, 0.6) is 0 Å². The van der Waals surface area contributed by atoms with Crippen molar-refractivity contribution >= 4 is 52.2 Å². The molecule has 59 heavy (non-hydrogen) atoms. The second-order valence-corrected chi connectivity index (χ2v) is 15.0. The minimum absolute atomic E-state index is 0.0199. The lowest BCUT2D eigenvalue weighted by Crippen LogP contribution is -2.58. The van der Waals surface area contributed by atoms with Crippen molar-refractivity contribution in [1.82, 2.24) is 26.6 Å². The Labute approximate surface area is 344 Å². The SMILES string of the molecule is CC[C@H](C)C(NC(=O)[C@H](CC(C)C)NC(=O)[C@H](Cc1ccccc1)NC(=O)OCc1ccccc1)C(=O)C(=O)NCC(=O)N[C@@H](Cc1ccc2ccccc2c1)C(N)=O. The van der Waals surface area contributed by atoms with Crippen LogP contribution in [0, 0.1) is 11.8 Å². The largest absolute Gasteiger partial charge is 0.445 e. The molecule has 6 amide bonds. The van der Waals surface area contributed by atoms with E-state index in [2.05, 4.69) is 26.6 Å². The number of Topliss-reactive ketones (excluding diaryl/α,β-unsaturated/α-hetero) is 1. The molecule has 0 heterocycles. The molecule has 4 rings (SSSR count). The molecule has 14 nitrogen and oxygen atoms in total. The maximum Gasteiger partial charge on any atom is 0.408 e. The predicted molar refractivity (Wildman–Crippen MR) is 223 cm³/mol. The van der Waals surface area contributed by atoms with Crippen molar-refractivity contribution in [3.63, 3.8) is 0 Å². The van der Waals surface area contributed by atoms with Gasteiger partial charge < -0.3 is 37.1 Å². The zero-order valence-corrected chi connectivity index (χ0v) is 33.9. The molecule has 14 heteroatoms. The summed E-state index contributed by atoms with van der Waals surface area (Å²) in [6.07, 6.45) is -0.0611. The zero-order chi connectivity index (χ0) is 42.9. The predicted octanol–water partition coefficient (Wildman–Crippen LogP) is 3.64. The number of primary amides is 1. The van der Waals surface area contributed by atoms with Crippen molar-refractivity contribution < 1.29 is 38.3 Å². The van der Waals surface area contributed by atoms with Crippen LogP contribution in [0.4, 0.5) is 4.79 Å². The maximum absolute atomic E-state index is 13.9. The van der Waals surface area contributed by atoms with Gasteiger partial charge in [-0.15, -0.1) is 0 Å². The van der Waals surface area contributed by atoms with Crippen LogP contribution in [0.25, 0.3) is 10.8 Å². The van der Waals surface area contributed by atoms with Gasteiger partial charge in [-0.2, -0.15) is 0 Å². The highest BCUT2D eigenvalue weighted by molar-refractivity contribution is 6.38. The Morgan fingerprint density at radius 1 is 0.627 bits per heavy atom. The van der Waals surface area contributed by atoms with Gasteiger partial charge in [-0.3, -0.25) is 28.8 Å². The van der Waals surface area contributed by atoms with Gasteiger partial charge in [0, 0.05) is 12.8 Å². The molecule has 0 aromatic heterocycles. The van der Waals surface area contributed by atoms with E-state index in [0.29, 0.717) is 6.42 Å². The number of carbonyl (C=O) groups is 7. The second-order valence-electron chi connectivity index (χ2n) is 15.0. The summed E-state index contributed by atoms with van der Waals surface area (Å²) < 4.78 is 5.37. The van der Waals surface area contributed by atoms with Gasteiger partial charge in [0.15, 0.2) is 0 Å². The van der Waals surface area contributed by atoms with E-state index in [1.54, 1.807) is 50.2 Å². The summed E-state index contributed by atoms with van der Waals surface area (Å²) in [4.78, 5) is 92.4. The molecule has 1 unspecified atom stereocenters. The Morgan fingerprint density at radius 3 is 1.85 bits per heavy atom. The molecular weight excluding hydrogens is 753 g/mol. The summed E-state index contributed by atoms with van der Waals surface area (Å²) in [5.41, 5.74) is 7.85. The fourth-order valence-corrected chi connectivity index (χ4v) is 6.36. The number of hydrogen-bond acceptors (Lipinski definition) is 8. The summed E-state index contributed by atoms with van der Waals surface area (Å²) in [7, 11) is 0. The van der Waals surface area contributed by atoms with Crippen molar-refractivity contribution in [3.8, 4) is 0 Å². The van der Waals surface area contributed by atoms with Crippen LogP contribution < -0.4 is 32.3 Å². The highest BCUT2D eigenvalue weighted by Crippen LogP contribution is 2.17. The molecule has 5 atom stereocenters. The fraction of sp³-hybridized carbons (Fsp3) is 0.356. The van der Waals surface area contributed by atoms with Gasteiger partial charge in [0.1, 0.15) is 24.7 Å². The van der Waals surface area contributed by atoms with E-state index in [0.717, 1.165) is 27.5 Å². The Balaban J connectivity index is 1.40. The van der Waals surface area contributed by atoms with Crippen molar-refractivity contribution in [2.45, 2.75) is 84.2 Å². The van der Waals surface area contributed by atoms with Crippen LogP contribution in [0.3, 0.4) is 0 Å². The number of nitrogens with two attached hydrogens (primary N) is 1. The number of hydrogen-bond donors (Lipinski definition) is 6. The molecule has 0 bridgehead atoms. The Hall–Kier alpha value is -6.57. The molecule has 4 aromatic carbocycles. The number of carbonyl (C=O) groups excluding carboxylic acids is 7. The highest BCUT2D eigenvalue weighted by Gasteiger charge is 2.35. The number of benzene rings is 4. The normalized spacial score (nSPS) is 13.5. The molecule has 0 fully saturated rings. The first kappa shape index (κ1) is 45.1. The molecule has 0 saturated heterocycles. The Kier molecular flexibility index (Phi) is 17.1. The summed E-state index contributed by atoms with van der Waals surface area (Å²) in [5, 5.41) is 14.8. The smallest absolute Gasteiger partial charge is 0.408 e. The van der Waals surface area contributed by atoms with Gasteiger partial charge in [0.05, 0.1) is 12.6 Å². The standard InChI is InChI=1S/C45H54N6O8/c1-5-29(4)39(40(53)44(57)47-26-38(52)48-35(41(46)54)25-32-20-21-33-18-12-13-19-34(33)23-32)51-43(56)36(22-28(2)3)49-42(55)37(24-30-14-8-6-9-15-30)50-45(58)59-27-31-16-10-7-11-17-31/h6-21,23,28-29,35-37,39H,5,22,24-27H2,1-4H3,(H2,46,54)(H,47,57)(H,48,52)(H,49,55)(H,50,58)(H,51,56)/t29-,35-,36-,37-,39?/m0/s1. The Bertz CT molecular complexity index is 2080. The molecule has 312 valence electrons. The summed E-state index contributed by atoms with van der Waals surface area (Å²) >= 11 is 0. The topological polar surface area (TPSA) is 215 Å². The third-order valence-corrected chi connectivity index (χ3v) is 9.80. The molecule has 0 saturated carbocycles. The monoisotopic (exact) mass is 806 g/mol. The third kappa shape index (κ3) is 14.4. The van der Waals surface area contributed by atoms with E-state index in [1.807, 2.05) is 80.6 Å². The number of alkyl carbamates (subject to hydrolysis) is 1. The minimum atomic E-state index is -1.31. The molecular formula is C45H54N6O8. The van der Waals surface area contributed by atoms with Crippen molar-refractivity contribution in [2.24, 2.45) is 17.6 Å². The Morgan fingerprint density at radius 2 is 1.22 bits per heavy atom. The lowest BCUT2D eigenvalue weighted by atomic mass is 9.93. The number of ketones is 1. The number of rotatable bonds is 21. The number of ether oxygens (including phenoxy) is 1. The van der Waals surface area contributed by atoms with Gasteiger partial charge in [0.2, 0.25) is 29.4 Å². The third-order valence-electron chi connectivity index (χ3n) is 9.80. The molecule has 0 aliphatic rings. The molecule has 0 aliphatic heterocycles. The van der Waals surface area contributed by atoms with E-state index in [9.17, 15) is 33.6 Å². The zero-order valence-electron chi connectivity index (χ0n) is 33.9. The summed E-state index contributed by atoms with van der Waals surface area (Å²) in [5.74, 6) is -5.62. The van der Waals surface area contributed by atoms with Gasteiger partial charge in [-0.1, -0.05) is 137 Å². The maximum atomic E-state index is 13.9. The van der Waals surface area contributed by atoms with Crippen molar-refractivity contribution in [3.05, 3.63) is 120 Å². The van der Waals surface area contributed by atoms with Gasteiger partial charge >= 0.3 is 6.09 Å². The minimum Gasteiger partial charge on any atom is -0.445 e. The highest BCUT2D eigenvalue weighted by atomic mass is 16.5. The van der Waals surface area contributed by atoms with E-state index in [1.165, 1.54) is 0 Å². The lowest BCUT2D eigenvalue weighted by Gasteiger charge is -2.28. The van der Waals surface area contributed by atoms with Crippen LogP contribution >= 0.6 is 0 Å². The molecule has 0 aliphatic carbocycles. The summed E-state index contributed by atoms with van der Waals surface area (Å²) in [6, 6.07) is 26.7. The van der Waals surface area contributed by atoms with Crippen LogP contribution in [-0.2, 0) is 53.0 Å². The molecule has 7 N–H and O–H groups in total. The quantitative estimate of drug-likeness (QED) is 0.0683. The van der Waals surface area contributed by atoms with Gasteiger partial charge in [0.25, 0.3) is 5.91 Å². The lowest BCUT2D eigenvalue weighted by molar-refractivity contribution is -0.142. The molecule has 4 aromatic rings. The van der Waals surface area contributed by atoms with E-state index in [4.69, 9.17) is 10.5 Å². The first-order valence-corrected chi connectivity index (χ1v) is 19.7. The number of nitrogens with one attached hydrogen (secondary N) is 5. The summed E-state index contributed by atoms with van der Waals surface area (Å²) in [6.45, 7) is 6.52. The van der Waals surface area contributed by atoms with E-state index < -0.39 is 78.0 Å². The van der Waals surface area contributed by atoms with E-state index >= 15 is 0 Å². The van der Waals surface area contributed by atoms with Crippen LogP contribution in [0.1, 0.15) is 57.2 Å². The number of amides is 6. The average Bonchev–Trinajstić information content (AvgIpc) is 3.23. The second kappa shape index (κ2) is 22.4. The molecule has 0 radical (unpaired) electrons. The fourth-order valence-electron chi connectivity index (χ4n) is 6.36. The first-order valence-electron chi connectivity index (χ1n) is 19.7. The van der Waals surface area contributed by atoms with Crippen LogP contribution in [0.15, 0.2) is 103 Å². The van der Waals surface area contributed by atoms with Crippen LogP contribution in [-0.4, -0.2) is 72.1 Å². The first-order chi connectivity index (χ1) is 28.2. The van der Waals surface area contributed by atoms with E-state index in [-0.39, 0.29) is 31.8 Å². The van der Waals surface area contributed by atoms with Gasteiger partial charge in [-0.25, -0.2) is 4.79 Å². The van der Waals surface area contributed by atoms with Crippen LogP contribution in [0.2, 0.25) is 0 Å².